The second kappa shape index (κ2) is 10.6. The van der Waals surface area contributed by atoms with Gasteiger partial charge >= 0.3 is 0 Å². The van der Waals surface area contributed by atoms with E-state index in [4.69, 9.17) is 19.9 Å². The Kier molecular flexibility index (Phi) is 7.89. The van der Waals surface area contributed by atoms with E-state index < -0.39 is 6.04 Å². The van der Waals surface area contributed by atoms with Gasteiger partial charge < -0.3 is 25.3 Å². The fourth-order valence-corrected chi connectivity index (χ4v) is 3.46. The number of ether oxygens (including phenoxy) is 3. The number of hydrogen-bond acceptors (Lipinski definition) is 6. The minimum Gasteiger partial charge on any atom is -0.492 e. The molecule has 2 aliphatic rings. The molecule has 7 heteroatoms. The predicted octanol–water partition coefficient (Wildman–Crippen LogP) is 0.768. The largest absolute Gasteiger partial charge is 0.492 e. The summed E-state index contributed by atoms with van der Waals surface area (Å²) in [7, 11) is 0. The first-order chi connectivity index (χ1) is 13.2. The van der Waals surface area contributed by atoms with Gasteiger partial charge in [0.25, 0.3) is 0 Å². The third-order valence-electron chi connectivity index (χ3n) is 5.22. The van der Waals surface area contributed by atoms with Gasteiger partial charge in [-0.25, -0.2) is 0 Å². The Bertz CT molecular complexity index is 586. The molecule has 0 aliphatic carbocycles. The summed E-state index contributed by atoms with van der Waals surface area (Å²) in [6, 6.07) is 7.37. The van der Waals surface area contributed by atoms with Crippen LogP contribution in [0.5, 0.6) is 5.75 Å². The maximum Gasteiger partial charge on any atom is 0.237 e. The number of hydrogen-bond donors (Lipinski definition) is 2. The monoisotopic (exact) mass is 377 g/mol. The van der Waals surface area contributed by atoms with Gasteiger partial charge in [0.15, 0.2) is 0 Å². The summed E-state index contributed by atoms with van der Waals surface area (Å²) in [5.74, 6) is 0.929. The fourth-order valence-electron chi connectivity index (χ4n) is 3.46. The topological polar surface area (TPSA) is 86.1 Å². The SMILES string of the molecule is NC(C(=O)NCc1cccc(OCCN2CCOCC2)c1)C1CCOCC1. The van der Waals surface area contributed by atoms with Gasteiger partial charge in [-0.3, -0.25) is 9.69 Å². The lowest BCUT2D eigenvalue weighted by atomic mass is 9.92. The van der Waals surface area contributed by atoms with Crippen molar-refractivity contribution < 1.29 is 19.0 Å². The molecule has 150 valence electrons. The molecule has 27 heavy (non-hydrogen) atoms. The number of carbonyl (C=O) groups is 1. The summed E-state index contributed by atoms with van der Waals surface area (Å²) in [6.07, 6.45) is 1.70. The predicted molar refractivity (Wildman–Crippen MR) is 103 cm³/mol. The Balaban J connectivity index is 1.40. The number of benzene rings is 1. The number of rotatable bonds is 8. The Morgan fingerprint density at radius 1 is 1.22 bits per heavy atom. The van der Waals surface area contributed by atoms with Gasteiger partial charge in [0.2, 0.25) is 5.91 Å². The highest BCUT2D eigenvalue weighted by molar-refractivity contribution is 5.81. The molecular weight excluding hydrogens is 346 g/mol. The number of nitrogens with two attached hydrogens (primary N) is 1. The molecule has 1 amide bonds. The van der Waals surface area contributed by atoms with Crippen molar-refractivity contribution in [2.45, 2.75) is 25.4 Å². The van der Waals surface area contributed by atoms with Gasteiger partial charge in [0.05, 0.1) is 19.3 Å². The Morgan fingerprint density at radius 2 is 1.96 bits per heavy atom. The Morgan fingerprint density at radius 3 is 2.74 bits per heavy atom. The molecule has 0 bridgehead atoms. The number of nitrogens with zero attached hydrogens (tertiary/aromatic N) is 1. The van der Waals surface area contributed by atoms with Crippen LogP contribution in [-0.4, -0.2) is 69.5 Å². The van der Waals surface area contributed by atoms with Crippen molar-refractivity contribution in [2.75, 3.05) is 52.7 Å². The first-order valence-corrected chi connectivity index (χ1v) is 9.85. The molecule has 2 fully saturated rings. The molecule has 0 radical (unpaired) electrons. The van der Waals surface area contributed by atoms with E-state index in [1.54, 1.807) is 0 Å². The second-order valence-electron chi connectivity index (χ2n) is 7.14. The molecule has 2 aliphatic heterocycles. The number of nitrogens with one attached hydrogen (secondary N) is 1. The van der Waals surface area contributed by atoms with E-state index in [1.165, 1.54) is 0 Å². The van der Waals surface area contributed by atoms with Gasteiger partial charge in [-0.15, -0.1) is 0 Å². The molecule has 1 aromatic rings. The lowest BCUT2D eigenvalue weighted by Crippen LogP contribution is -2.46. The summed E-state index contributed by atoms with van der Waals surface area (Å²) in [5, 5.41) is 2.95. The summed E-state index contributed by atoms with van der Waals surface area (Å²) in [5.41, 5.74) is 7.12. The van der Waals surface area contributed by atoms with Crippen molar-refractivity contribution in [3.8, 4) is 5.75 Å². The van der Waals surface area contributed by atoms with Crippen molar-refractivity contribution in [3.05, 3.63) is 29.8 Å². The van der Waals surface area contributed by atoms with E-state index in [-0.39, 0.29) is 11.8 Å². The average Bonchev–Trinajstić information content (AvgIpc) is 2.73. The molecule has 1 unspecified atom stereocenters. The van der Waals surface area contributed by atoms with E-state index in [9.17, 15) is 4.79 Å². The Hall–Kier alpha value is -1.67. The highest BCUT2D eigenvalue weighted by Gasteiger charge is 2.26. The minimum absolute atomic E-state index is 0.0967. The van der Waals surface area contributed by atoms with E-state index in [2.05, 4.69) is 10.2 Å². The van der Waals surface area contributed by atoms with Gasteiger partial charge in [-0.1, -0.05) is 12.1 Å². The van der Waals surface area contributed by atoms with Crippen LogP contribution >= 0.6 is 0 Å². The van der Waals surface area contributed by atoms with Crippen LogP contribution in [0.2, 0.25) is 0 Å². The number of carbonyl (C=O) groups excluding carboxylic acids is 1. The average molecular weight is 377 g/mol. The van der Waals surface area contributed by atoms with Crippen molar-refractivity contribution in [1.29, 1.82) is 0 Å². The number of morpholine rings is 1. The number of amides is 1. The van der Waals surface area contributed by atoms with Crippen LogP contribution in [0.15, 0.2) is 24.3 Å². The molecule has 0 saturated carbocycles. The fraction of sp³-hybridized carbons (Fsp3) is 0.650. The van der Waals surface area contributed by atoms with Crippen molar-refractivity contribution in [2.24, 2.45) is 11.7 Å². The van der Waals surface area contributed by atoms with Gasteiger partial charge in [-0.2, -0.15) is 0 Å². The van der Waals surface area contributed by atoms with Crippen LogP contribution in [0, 0.1) is 5.92 Å². The molecule has 1 atom stereocenters. The summed E-state index contributed by atoms with van der Waals surface area (Å²) in [4.78, 5) is 14.7. The van der Waals surface area contributed by atoms with E-state index in [0.717, 1.165) is 57.0 Å². The maximum atomic E-state index is 12.3. The molecular formula is C20H31N3O4. The van der Waals surface area contributed by atoms with Crippen LogP contribution in [0.25, 0.3) is 0 Å². The lowest BCUT2D eigenvalue weighted by molar-refractivity contribution is -0.124. The van der Waals surface area contributed by atoms with E-state index >= 15 is 0 Å². The highest BCUT2D eigenvalue weighted by Crippen LogP contribution is 2.18. The zero-order valence-electron chi connectivity index (χ0n) is 15.9. The normalized spacial score (nSPS) is 20.2. The zero-order valence-corrected chi connectivity index (χ0v) is 15.9. The smallest absolute Gasteiger partial charge is 0.237 e. The standard InChI is InChI=1S/C20H31N3O4/c21-19(17-4-9-25-10-5-17)20(24)22-15-16-2-1-3-18(14-16)27-13-8-23-6-11-26-12-7-23/h1-3,14,17,19H,4-13,15,21H2,(H,22,24). The zero-order chi connectivity index (χ0) is 18.9. The van der Waals surface area contributed by atoms with E-state index in [1.807, 2.05) is 24.3 Å². The molecule has 1 aromatic carbocycles. The van der Waals surface area contributed by atoms with Gasteiger partial charge in [-0.05, 0) is 36.5 Å². The summed E-state index contributed by atoms with van der Waals surface area (Å²) in [6.45, 7) is 6.89. The van der Waals surface area contributed by atoms with Gasteiger partial charge in [0, 0.05) is 39.4 Å². The molecule has 3 N–H and O–H groups in total. The third kappa shape index (κ3) is 6.46. The molecule has 7 nitrogen and oxygen atoms in total. The lowest BCUT2D eigenvalue weighted by Gasteiger charge is -2.26. The summed E-state index contributed by atoms with van der Waals surface area (Å²) >= 11 is 0. The van der Waals surface area contributed by atoms with E-state index in [0.29, 0.717) is 26.4 Å². The highest BCUT2D eigenvalue weighted by atomic mass is 16.5. The Labute approximate surface area is 161 Å². The van der Waals surface area contributed by atoms with Crippen LogP contribution < -0.4 is 15.8 Å². The minimum atomic E-state index is -0.471. The quantitative estimate of drug-likeness (QED) is 0.696. The maximum absolute atomic E-state index is 12.3. The van der Waals surface area contributed by atoms with Crippen LogP contribution in [0.3, 0.4) is 0 Å². The third-order valence-corrected chi connectivity index (χ3v) is 5.22. The van der Waals surface area contributed by atoms with Gasteiger partial charge in [0.1, 0.15) is 12.4 Å². The molecule has 2 saturated heterocycles. The van der Waals surface area contributed by atoms with Crippen LogP contribution in [0.1, 0.15) is 18.4 Å². The molecule has 2 heterocycles. The van der Waals surface area contributed by atoms with Crippen molar-refractivity contribution in [1.82, 2.24) is 10.2 Å². The first kappa shape index (κ1) is 20.1. The molecule has 0 aromatic heterocycles. The van der Waals surface area contributed by atoms with Crippen LogP contribution in [-0.2, 0) is 20.8 Å². The molecule has 0 spiro atoms. The summed E-state index contributed by atoms with van der Waals surface area (Å²) < 4.78 is 16.5. The van der Waals surface area contributed by atoms with Crippen LogP contribution in [0.4, 0.5) is 0 Å². The second-order valence-corrected chi connectivity index (χ2v) is 7.14. The molecule has 3 rings (SSSR count). The first-order valence-electron chi connectivity index (χ1n) is 9.85. The van der Waals surface area contributed by atoms with Crippen molar-refractivity contribution in [3.63, 3.8) is 0 Å². The van der Waals surface area contributed by atoms with Crippen molar-refractivity contribution >= 4 is 5.91 Å².